The Hall–Kier alpha value is -0.860. The molecule has 0 aliphatic heterocycles. The lowest BCUT2D eigenvalue weighted by Gasteiger charge is -2.02. The highest BCUT2D eigenvalue weighted by Gasteiger charge is 2.00. The minimum Gasteiger partial charge on any atom is -0.252 e. The molecule has 0 N–H and O–H groups in total. The molecule has 0 radical (unpaired) electrons. The third-order valence-corrected chi connectivity index (χ3v) is 2.03. The van der Waals surface area contributed by atoms with E-state index in [-0.39, 0.29) is 0 Å². The van der Waals surface area contributed by atoms with Gasteiger partial charge in [0.25, 0.3) is 0 Å². The number of nitrogens with zero attached hydrogens (tertiary/aromatic N) is 3. The Labute approximate surface area is 80.1 Å². The van der Waals surface area contributed by atoms with Crippen LogP contribution >= 0.6 is 0 Å². The topological polar surface area (TPSA) is 30.7 Å². The summed E-state index contributed by atoms with van der Waals surface area (Å²) in [6.45, 7) is 7.61. The van der Waals surface area contributed by atoms with Crippen molar-refractivity contribution in [2.24, 2.45) is 5.92 Å². The van der Waals surface area contributed by atoms with Crippen LogP contribution in [0.2, 0.25) is 0 Å². The highest BCUT2D eigenvalue weighted by molar-refractivity contribution is 4.91. The van der Waals surface area contributed by atoms with E-state index in [0.29, 0.717) is 0 Å². The van der Waals surface area contributed by atoms with E-state index in [0.717, 1.165) is 31.0 Å². The van der Waals surface area contributed by atoms with Crippen molar-refractivity contribution in [3.63, 3.8) is 0 Å². The Morgan fingerprint density at radius 2 is 2.23 bits per heavy atom. The largest absolute Gasteiger partial charge is 0.252 e. The van der Waals surface area contributed by atoms with Crippen LogP contribution in [0.1, 0.15) is 39.3 Å². The summed E-state index contributed by atoms with van der Waals surface area (Å²) >= 11 is 0. The summed E-state index contributed by atoms with van der Waals surface area (Å²) in [4.78, 5) is 0. The van der Waals surface area contributed by atoms with Crippen LogP contribution in [0.5, 0.6) is 0 Å². The van der Waals surface area contributed by atoms with Crippen LogP contribution in [0, 0.1) is 5.92 Å². The zero-order valence-electron chi connectivity index (χ0n) is 8.82. The fourth-order valence-electron chi connectivity index (χ4n) is 1.21. The first kappa shape index (κ1) is 10.2. The van der Waals surface area contributed by atoms with Crippen molar-refractivity contribution in [2.45, 2.75) is 46.6 Å². The van der Waals surface area contributed by atoms with Crippen molar-refractivity contribution in [3.05, 3.63) is 11.9 Å². The van der Waals surface area contributed by atoms with Crippen LogP contribution < -0.4 is 0 Å². The smallest absolute Gasteiger partial charge is 0.0827 e. The molecular weight excluding hydrogens is 162 g/mol. The molecule has 0 saturated carbocycles. The molecule has 0 aliphatic carbocycles. The fourth-order valence-corrected chi connectivity index (χ4v) is 1.21. The molecule has 0 saturated heterocycles. The molecule has 0 spiro atoms. The van der Waals surface area contributed by atoms with Crippen LogP contribution in [-0.2, 0) is 13.0 Å². The molecule has 0 amide bonds. The van der Waals surface area contributed by atoms with Crippen LogP contribution in [0.25, 0.3) is 0 Å². The first-order valence-corrected chi connectivity index (χ1v) is 5.11. The lowest BCUT2D eigenvalue weighted by atomic mass is 10.1. The van der Waals surface area contributed by atoms with Gasteiger partial charge in [0.15, 0.2) is 0 Å². The molecule has 74 valence electrons. The Kier molecular flexibility index (Phi) is 3.93. The van der Waals surface area contributed by atoms with E-state index in [2.05, 4.69) is 37.3 Å². The molecule has 0 fully saturated rings. The molecular formula is C10H19N3. The van der Waals surface area contributed by atoms with E-state index in [1.54, 1.807) is 0 Å². The van der Waals surface area contributed by atoms with Gasteiger partial charge in [-0.15, -0.1) is 5.10 Å². The van der Waals surface area contributed by atoms with Crippen molar-refractivity contribution in [1.82, 2.24) is 15.0 Å². The molecule has 3 heteroatoms. The van der Waals surface area contributed by atoms with E-state index in [1.165, 1.54) is 6.42 Å². The third kappa shape index (κ3) is 3.57. The maximum absolute atomic E-state index is 4.10. The molecule has 1 rings (SSSR count). The second-order valence-corrected chi connectivity index (χ2v) is 3.91. The second-order valence-electron chi connectivity index (χ2n) is 3.91. The molecule has 0 aliphatic rings. The van der Waals surface area contributed by atoms with Gasteiger partial charge < -0.3 is 0 Å². The monoisotopic (exact) mass is 181 g/mol. The summed E-state index contributed by atoms with van der Waals surface area (Å²) in [5.41, 5.74) is 1.12. The molecule has 0 atom stereocenters. The molecule has 1 heterocycles. The van der Waals surface area contributed by atoms with Gasteiger partial charge in [-0.2, -0.15) is 0 Å². The molecule has 0 aromatic carbocycles. The Bertz CT molecular complexity index is 240. The van der Waals surface area contributed by atoms with E-state index in [4.69, 9.17) is 0 Å². The minimum atomic E-state index is 0.735. The fraction of sp³-hybridized carbons (Fsp3) is 0.800. The summed E-state index contributed by atoms with van der Waals surface area (Å²) in [5.74, 6) is 0.735. The average Bonchev–Trinajstić information content (AvgIpc) is 2.50. The summed E-state index contributed by atoms with van der Waals surface area (Å²) in [6.07, 6.45) is 5.42. The maximum Gasteiger partial charge on any atom is 0.0827 e. The second kappa shape index (κ2) is 5.00. The van der Waals surface area contributed by atoms with E-state index in [9.17, 15) is 0 Å². The first-order chi connectivity index (χ1) is 6.22. The molecule has 13 heavy (non-hydrogen) atoms. The van der Waals surface area contributed by atoms with Gasteiger partial charge in [0.2, 0.25) is 0 Å². The Morgan fingerprint density at radius 3 is 2.85 bits per heavy atom. The number of hydrogen-bond donors (Lipinski definition) is 0. The highest BCUT2D eigenvalue weighted by Crippen LogP contribution is 2.03. The molecule has 1 aromatic rings. The zero-order valence-corrected chi connectivity index (χ0v) is 8.82. The van der Waals surface area contributed by atoms with E-state index < -0.39 is 0 Å². The first-order valence-electron chi connectivity index (χ1n) is 5.11. The zero-order chi connectivity index (χ0) is 9.68. The van der Waals surface area contributed by atoms with Gasteiger partial charge in [0.05, 0.1) is 5.69 Å². The summed E-state index contributed by atoms with van der Waals surface area (Å²) in [5, 5.41) is 8.17. The Balaban J connectivity index is 2.39. The van der Waals surface area contributed by atoms with Gasteiger partial charge >= 0.3 is 0 Å². The van der Waals surface area contributed by atoms with Gasteiger partial charge in [-0.3, -0.25) is 4.68 Å². The third-order valence-electron chi connectivity index (χ3n) is 2.03. The molecule has 0 bridgehead atoms. The summed E-state index contributed by atoms with van der Waals surface area (Å²) < 4.78 is 1.95. The number of rotatable bonds is 5. The van der Waals surface area contributed by atoms with E-state index >= 15 is 0 Å². The number of hydrogen-bond acceptors (Lipinski definition) is 2. The van der Waals surface area contributed by atoms with Crippen molar-refractivity contribution < 1.29 is 0 Å². The van der Waals surface area contributed by atoms with Crippen molar-refractivity contribution in [2.75, 3.05) is 0 Å². The lowest BCUT2D eigenvalue weighted by molar-refractivity contribution is 0.478. The van der Waals surface area contributed by atoms with Crippen LogP contribution in [0.15, 0.2) is 6.20 Å². The molecule has 1 aromatic heterocycles. The Morgan fingerprint density at radius 1 is 1.46 bits per heavy atom. The molecule has 3 nitrogen and oxygen atoms in total. The van der Waals surface area contributed by atoms with Crippen molar-refractivity contribution in [3.8, 4) is 0 Å². The molecule has 0 unspecified atom stereocenters. The van der Waals surface area contributed by atoms with E-state index in [1.807, 2.05) is 4.68 Å². The van der Waals surface area contributed by atoms with Gasteiger partial charge in [0.1, 0.15) is 0 Å². The number of aryl methyl sites for hydroxylation is 2. The van der Waals surface area contributed by atoms with Crippen LogP contribution in [0.4, 0.5) is 0 Å². The minimum absolute atomic E-state index is 0.735. The van der Waals surface area contributed by atoms with Gasteiger partial charge in [-0.1, -0.05) is 32.4 Å². The summed E-state index contributed by atoms with van der Waals surface area (Å²) in [7, 11) is 0. The van der Waals surface area contributed by atoms with Crippen molar-refractivity contribution >= 4 is 0 Å². The normalized spacial score (nSPS) is 11.1. The van der Waals surface area contributed by atoms with Crippen LogP contribution in [0.3, 0.4) is 0 Å². The predicted octanol–water partition coefficient (Wildman–Crippen LogP) is 2.28. The van der Waals surface area contributed by atoms with Gasteiger partial charge in [-0.25, -0.2) is 0 Å². The van der Waals surface area contributed by atoms with Gasteiger partial charge in [0, 0.05) is 12.7 Å². The van der Waals surface area contributed by atoms with Gasteiger partial charge in [-0.05, 0) is 18.8 Å². The SMILES string of the molecule is CCCc1cn(CCC(C)C)nn1. The maximum atomic E-state index is 4.10. The standard InChI is InChI=1S/C10H19N3/c1-4-5-10-8-13(12-11-10)7-6-9(2)3/h8-9H,4-7H2,1-3H3. The quantitative estimate of drug-likeness (QED) is 0.697. The predicted molar refractivity (Wildman–Crippen MR) is 53.5 cm³/mol. The average molecular weight is 181 g/mol. The lowest BCUT2D eigenvalue weighted by Crippen LogP contribution is -2.01. The number of aromatic nitrogens is 3. The van der Waals surface area contributed by atoms with Crippen LogP contribution in [-0.4, -0.2) is 15.0 Å². The highest BCUT2D eigenvalue weighted by atomic mass is 15.4. The van der Waals surface area contributed by atoms with Crippen molar-refractivity contribution in [1.29, 1.82) is 0 Å². The summed E-state index contributed by atoms with van der Waals surface area (Å²) in [6, 6.07) is 0.